The third-order valence-electron chi connectivity index (χ3n) is 4.93. The molecule has 0 spiro atoms. The number of nitro benzene ring substituents is 1. The lowest BCUT2D eigenvalue weighted by atomic mass is 10.1. The highest BCUT2D eigenvalue weighted by Crippen LogP contribution is 2.25. The Morgan fingerprint density at radius 1 is 1.21 bits per heavy atom. The van der Waals surface area contributed by atoms with Gasteiger partial charge >= 0.3 is 5.97 Å². The maximum atomic E-state index is 12.6. The first-order valence-corrected chi connectivity index (χ1v) is 11.0. The van der Waals surface area contributed by atoms with Gasteiger partial charge in [-0.3, -0.25) is 24.5 Å². The molecular weight excluding hydrogens is 470 g/mol. The molecule has 0 aliphatic rings. The van der Waals surface area contributed by atoms with Gasteiger partial charge in [0, 0.05) is 33.5 Å². The highest BCUT2D eigenvalue weighted by Gasteiger charge is 2.19. The van der Waals surface area contributed by atoms with Crippen LogP contribution in [0.5, 0.6) is 0 Å². The molecule has 0 aliphatic carbocycles. The second-order valence-electron chi connectivity index (χ2n) is 7.14. The summed E-state index contributed by atoms with van der Waals surface area (Å²) in [5.74, 6) is -1.88. The van der Waals surface area contributed by atoms with Gasteiger partial charge in [0.2, 0.25) is 5.78 Å². The van der Waals surface area contributed by atoms with Crippen molar-refractivity contribution in [3.8, 4) is 0 Å². The minimum atomic E-state index is -0.812. The van der Waals surface area contributed by atoms with Gasteiger partial charge in [0.1, 0.15) is 11.6 Å². The maximum absolute atomic E-state index is 12.6. The van der Waals surface area contributed by atoms with E-state index in [4.69, 9.17) is 16.3 Å². The van der Waals surface area contributed by atoms with Crippen LogP contribution in [0.25, 0.3) is 0 Å². The Labute approximate surface area is 198 Å². The van der Waals surface area contributed by atoms with Gasteiger partial charge < -0.3 is 14.6 Å². The Kier molecular flexibility index (Phi) is 7.62. The molecule has 0 atom stereocenters. The summed E-state index contributed by atoms with van der Waals surface area (Å²) < 4.78 is 7.02. The summed E-state index contributed by atoms with van der Waals surface area (Å²) in [6.45, 7) is 3.42. The van der Waals surface area contributed by atoms with E-state index in [2.05, 4.69) is 5.32 Å². The lowest BCUT2D eigenvalue weighted by molar-refractivity contribution is -0.384. The van der Waals surface area contributed by atoms with Crippen LogP contribution >= 0.6 is 22.9 Å². The number of aromatic nitrogens is 1. The fraction of sp³-hybridized carbons (Fsp3) is 0.227. The molecule has 9 nitrogen and oxygen atoms in total. The van der Waals surface area contributed by atoms with Crippen LogP contribution in [0.15, 0.2) is 41.8 Å². The number of nitrogens with zero attached hydrogens (tertiary/aromatic N) is 2. The molecule has 0 bridgehead atoms. The van der Waals surface area contributed by atoms with Crippen LogP contribution in [0.1, 0.15) is 37.0 Å². The fourth-order valence-corrected chi connectivity index (χ4v) is 4.09. The van der Waals surface area contributed by atoms with E-state index in [1.54, 1.807) is 17.4 Å². The second-order valence-corrected chi connectivity index (χ2v) is 8.58. The summed E-state index contributed by atoms with van der Waals surface area (Å²) in [6, 6.07) is 9.27. The first-order chi connectivity index (χ1) is 15.7. The van der Waals surface area contributed by atoms with E-state index in [9.17, 15) is 24.5 Å². The van der Waals surface area contributed by atoms with Crippen molar-refractivity contribution in [2.45, 2.75) is 20.4 Å². The molecule has 0 saturated heterocycles. The lowest BCUT2D eigenvalue weighted by Gasteiger charge is -2.09. The fourth-order valence-electron chi connectivity index (χ4n) is 3.21. The highest BCUT2D eigenvalue weighted by atomic mass is 35.5. The Hall–Kier alpha value is -3.50. The predicted molar refractivity (Wildman–Crippen MR) is 123 cm³/mol. The first kappa shape index (κ1) is 24.1. The van der Waals surface area contributed by atoms with E-state index in [0.29, 0.717) is 12.1 Å². The second kappa shape index (κ2) is 10.4. The van der Waals surface area contributed by atoms with Crippen molar-refractivity contribution in [3.63, 3.8) is 0 Å². The summed E-state index contributed by atoms with van der Waals surface area (Å²) in [6.07, 6.45) is 0. The van der Waals surface area contributed by atoms with Crippen LogP contribution in [0.3, 0.4) is 0 Å². The number of Topliss-reactive ketones (excluding diaryl/α,β-unsaturated/α-hetero) is 1. The summed E-state index contributed by atoms with van der Waals surface area (Å²) in [5, 5.41) is 15.1. The van der Waals surface area contributed by atoms with Crippen LogP contribution in [0.2, 0.25) is 5.02 Å². The van der Waals surface area contributed by atoms with Crippen molar-refractivity contribution in [2.75, 3.05) is 13.2 Å². The number of carbonyl (C=O) groups excluding carboxylic acids is 3. The Balaban J connectivity index is 1.54. The van der Waals surface area contributed by atoms with Crippen molar-refractivity contribution in [2.24, 2.45) is 0 Å². The largest absolute Gasteiger partial charge is 0.456 e. The molecule has 0 fully saturated rings. The molecule has 0 radical (unpaired) electrons. The third-order valence-corrected chi connectivity index (χ3v) is 6.11. The Bertz CT molecular complexity index is 1220. The van der Waals surface area contributed by atoms with Crippen LogP contribution in [0, 0.1) is 24.0 Å². The molecule has 1 aromatic carbocycles. The minimum Gasteiger partial charge on any atom is -0.456 e. The molecule has 1 amide bonds. The summed E-state index contributed by atoms with van der Waals surface area (Å²) >= 11 is 7.35. The number of nitrogens with one attached hydrogen (secondary N) is 1. The van der Waals surface area contributed by atoms with Gasteiger partial charge in [-0.2, -0.15) is 0 Å². The first-order valence-electron chi connectivity index (χ1n) is 9.77. The molecule has 2 heterocycles. The van der Waals surface area contributed by atoms with Gasteiger partial charge in [0.15, 0.2) is 6.61 Å². The van der Waals surface area contributed by atoms with Crippen molar-refractivity contribution in [3.05, 3.63) is 84.3 Å². The minimum absolute atomic E-state index is 0.0341. The molecule has 2 aromatic heterocycles. The number of amides is 1. The number of hydrogen-bond donors (Lipinski definition) is 1. The number of benzene rings is 1. The number of nitro groups is 1. The van der Waals surface area contributed by atoms with Crippen molar-refractivity contribution in [1.82, 2.24) is 9.88 Å². The normalized spacial score (nSPS) is 10.6. The summed E-state index contributed by atoms with van der Waals surface area (Å²) in [7, 11) is 0. The zero-order valence-electron chi connectivity index (χ0n) is 17.8. The van der Waals surface area contributed by atoms with Gasteiger partial charge in [-0.25, -0.2) is 0 Å². The standard InChI is InChI=1S/C22H20ClN3O6S/c1-13-8-17(14(2)25(13)11-16-4-3-7-33-16)20(27)12-32-21(28)10-24-22(29)15-5-6-18(23)19(9-15)26(30)31/h3-9H,10-12H2,1-2H3,(H,24,29). The smallest absolute Gasteiger partial charge is 0.325 e. The molecule has 0 unspecified atom stereocenters. The van der Waals surface area contributed by atoms with E-state index in [0.717, 1.165) is 22.3 Å². The Morgan fingerprint density at radius 2 is 1.97 bits per heavy atom. The van der Waals surface area contributed by atoms with Crippen molar-refractivity contribution < 1.29 is 24.0 Å². The van der Waals surface area contributed by atoms with E-state index < -0.39 is 35.6 Å². The quantitative estimate of drug-likeness (QED) is 0.210. The monoisotopic (exact) mass is 489 g/mol. The van der Waals surface area contributed by atoms with Gasteiger partial charge in [-0.15, -0.1) is 11.3 Å². The zero-order chi connectivity index (χ0) is 24.1. The third kappa shape index (κ3) is 5.85. The number of halogens is 1. The van der Waals surface area contributed by atoms with E-state index in [1.165, 1.54) is 12.1 Å². The van der Waals surface area contributed by atoms with Crippen LogP contribution in [-0.2, 0) is 16.1 Å². The van der Waals surface area contributed by atoms with E-state index in [1.807, 2.05) is 35.9 Å². The molecule has 33 heavy (non-hydrogen) atoms. The number of carbonyl (C=O) groups is 3. The summed E-state index contributed by atoms with van der Waals surface area (Å²) in [5.41, 5.74) is 1.70. The maximum Gasteiger partial charge on any atom is 0.325 e. The number of ether oxygens (including phenoxy) is 1. The average molecular weight is 490 g/mol. The lowest BCUT2D eigenvalue weighted by Crippen LogP contribution is -2.31. The molecule has 0 aliphatic heterocycles. The number of esters is 1. The Morgan fingerprint density at radius 3 is 2.64 bits per heavy atom. The highest BCUT2D eigenvalue weighted by molar-refractivity contribution is 7.09. The van der Waals surface area contributed by atoms with Crippen LogP contribution < -0.4 is 5.32 Å². The number of thiophene rings is 1. The zero-order valence-corrected chi connectivity index (χ0v) is 19.4. The topological polar surface area (TPSA) is 121 Å². The van der Waals surface area contributed by atoms with Crippen LogP contribution in [0.4, 0.5) is 5.69 Å². The SMILES string of the molecule is Cc1cc(C(=O)COC(=O)CNC(=O)c2ccc(Cl)c([N+](=O)[O-])c2)c(C)n1Cc1cccs1. The molecule has 172 valence electrons. The van der Waals surface area contributed by atoms with E-state index >= 15 is 0 Å². The van der Waals surface area contributed by atoms with Crippen LogP contribution in [-0.4, -0.2) is 40.3 Å². The molecule has 3 aromatic rings. The molecule has 1 N–H and O–H groups in total. The molecular formula is C22H20ClN3O6S. The van der Waals surface area contributed by atoms with Gasteiger partial charge in [0.05, 0.1) is 11.5 Å². The summed E-state index contributed by atoms with van der Waals surface area (Å²) in [4.78, 5) is 48.1. The molecule has 3 rings (SSSR count). The van der Waals surface area contributed by atoms with Gasteiger partial charge in [-0.05, 0) is 43.5 Å². The van der Waals surface area contributed by atoms with E-state index in [-0.39, 0.29) is 16.4 Å². The van der Waals surface area contributed by atoms with Gasteiger partial charge in [-0.1, -0.05) is 17.7 Å². The molecule has 0 saturated carbocycles. The number of rotatable bonds is 9. The average Bonchev–Trinajstić information content (AvgIpc) is 3.39. The number of hydrogen-bond acceptors (Lipinski definition) is 7. The number of ketones is 1. The van der Waals surface area contributed by atoms with Crippen molar-refractivity contribution in [1.29, 1.82) is 0 Å². The molecule has 11 heteroatoms. The van der Waals surface area contributed by atoms with Gasteiger partial charge in [0.25, 0.3) is 11.6 Å². The number of aryl methyl sites for hydroxylation is 1. The predicted octanol–water partition coefficient (Wildman–Crippen LogP) is 3.93. The van der Waals surface area contributed by atoms with Crippen molar-refractivity contribution >= 4 is 46.3 Å².